The number of rotatable bonds is 4. The molecule has 1 heterocycles. The summed E-state index contributed by atoms with van der Waals surface area (Å²) in [6.07, 6.45) is 10.5. The van der Waals surface area contributed by atoms with Crippen LogP contribution in [0.1, 0.15) is 49.8 Å². The molecule has 0 spiro atoms. The van der Waals surface area contributed by atoms with E-state index in [4.69, 9.17) is 0 Å². The van der Waals surface area contributed by atoms with E-state index in [2.05, 4.69) is 22.4 Å². The number of nitrogens with zero attached hydrogens (tertiary/aromatic N) is 1. The van der Waals surface area contributed by atoms with Gasteiger partial charge < -0.3 is 5.32 Å². The Morgan fingerprint density at radius 3 is 2.69 bits per heavy atom. The molecular formula is C13H23N3. The van der Waals surface area contributed by atoms with E-state index < -0.39 is 0 Å². The number of H-pyrrole nitrogens is 1. The lowest BCUT2D eigenvalue weighted by Gasteiger charge is -2.14. The number of aromatic amines is 1. The van der Waals surface area contributed by atoms with Crippen LogP contribution in [0.25, 0.3) is 0 Å². The van der Waals surface area contributed by atoms with E-state index in [9.17, 15) is 0 Å². The normalized spacial score (nSPS) is 18.6. The van der Waals surface area contributed by atoms with Gasteiger partial charge in [-0.1, -0.05) is 25.7 Å². The predicted octanol–water partition coefficient (Wildman–Crippen LogP) is 2.78. The van der Waals surface area contributed by atoms with Crippen LogP contribution < -0.4 is 5.32 Å². The minimum Gasteiger partial charge on any atom is -0.312 e. The van der Waals surface area contributed by atoms with Gasteiger partial charge in [0.25, 0.3) is 0 Å². The SMILES string of the molecule is Cc1[nH]ncc1CNCC1CCCCCC1. The Kier molecular flexibility index (Phi) is 4.40. The van der Waals surface area contributed by atoms with Crippen LogP contribution in [0.3, 0.4) is 0 Å². The van der Waals surface area contributed by atoms with Crippen LogP contribution in [0.2, 0.25) is 0 Å². The van der Waals surface area contributed by atoms with Gasteiger partial charge in [-0.25, -0.2) is 0 Å². The zero-order valence-corrected chi connectivity index (χ0v) is 10.3. The Bertz CT molecular complexity index is 298. The quantitative estimate of drug-likeness (QED) is 0.768. The van der Waals surface area contributed by atoms with Crippen LogP contribution in [-0.4, -0.2) is 16.7 Å². The summed E-state index contributed by atoms with van der Waals surface area (Å²) in [6.45, 7) is 4.21. The number of hydrogen-bond donors (Lipinski definition) is 2. The van der Waals surface area contributed by atoms with Crippen molar-refractivity contribution >= 4 is 0 Å². The third-order valence-electron chi connectivity index (χ3n) is 3.66. The maximum Gasteiger partial charge on any atom is 0.0535 e. The Morgan fingerprint density at radius 2 is 2.06 bits per heavy atom. The van der Waals surface area contributed by atoms with Gasteiger partial charge in [-0.05, 0) is 32.2 Å². The van der Waals surface area contributed by atoms with Crippen molar-refractivity contribution in [3.05, 3.63) is 17.5 Å². The lowest BCUT2D eigenvalue weighted by Crippen LogP contribution is -2.22. The smallest absolute Gasteiger partial charge is 0.0535 e. The Hall–Kier alpha value is -0.830. The van der Waals surface area contributed by atoms with Crippen molar-refractivity contribution in [2.45, 2.75) is 52.0 Å². The highest BCUT2D eigenvalue weighted by Crippen LogP contribution is 2.22. The number of hydrogen-bond acceptors (Lipinski definition) is 2. The molecule has 1 aliphatic carbocycles. The van der Waals surface area contributed by atoms with Gasteiger partial charge in [-0.3, -0.25) is 5.10 Å². The largest absolute Gasteiger partial charge is 0.312 e. The Balaban J connectivity index is 1.69. The molecule has 2 rings (SSSR count). The highest BCUT2D eigenvalue weighted by atomic mass is 15.1. The van der Waals surface area contributed by atoms with Crippen LogP contribution in [0.15, 0.2) is 6.20 Å². The second-order valence-electron chi connectivity index (χ2n) is 5.01. The summed E-state index contributed by atoms with van der Waals surface area (Å²) in [5.41, 5.74) is 2.49. The van der Waals surface area contributed by atoms with Crippen molar-refractivity contribution in [1.29, 1.82) is 0 Å². The van der Waals surface area contributed by atoms with Crippen molar-refractivity contribution in [2.24, 2.45) is 5.92 Å². The summed E-state index contributed by atoms with van der Waals surface area (Å²) in [6, 6.07) is 0. The van der Waals surface area contributed by atoms with Gasteiger partial charge in [-0.2, -0.15) is 5.10 Å². The predicted molar refractivity (Wildman–Crippen MR) is 66.2 cm³/mol. The van der Waals surface area contributed by atoms with E-state index in [1.54, 1.807) is 0 Å². The third-order valence-corrected chi connectivity index (χ3v) is 3.66. The van der Waals surface area contributed by atoms with Crippen LogP contribution in [0, 0.1) is 12.8 Å². The summed E-state index contributed by atoms with van der Waals surface area (Å²) in [5, 5.41) is 10.6. The highest BCUT2D eigenvalue weighted by molar-refractivity contribution is 5.13. The molecule has 3 nitrogen and oxygen atoms in total. The fourth-order valence-electron chi connectivity index (χ4n) is 2.53. The molecule has 0 radical (unpaired) electrons. The fraction of sp³-hybridized carbons (Fsp3) is 0.769. The molecule has 1 aromatic heterocycles. The summed E-state index contributed by atoms with van der Waals surface area (Å²) in [4.78, 5) is 0. The molecule has 0 aromatic carbocycles. The first-order valence-electron chi connectivity index (χ1n) is 6.56. The molecule has 0 amide bonds. The van der Waals surface area contributed by atoms with E-state index in [-0.39, 0.29) is 0 Å². The van der Waals surface area contributed by atoms with Gasteiger partial charge in [0.1, 0.15) is 0 Å². The topological polar surface area (TPSA) is 40.7 Å². The van der Waals surface area contributed by atoms with Crippen molar-refractivity contribution in [1.82, 2.24) is 15.5 Å². The van der Waals surface area contributed by atoms with Crippen LogP contribution in [0.5, 0.6) is 0 Å². The van der Waals surface area contributed by atoms with Crippen molar-refractivity contribution in [3.8, 4) is 0 Å². The van der Waals surface area contributed by atoms with Gasteiger partial charge in [0.2, 0.25) is 0 Å². The maximum atomic E-state index is 4.04. The molecule has 0 unspecified atom stereocenters. The monoisotopic (exact) mass is 221 g/mol. The molecule has 16 heavy (non-hydrogen) atoms. The summed E-state index contributed by atoms with van der Waals surface area (Å²) in [7, 11) is 0. The molecule has 1 aromatic rings. The van der Waals surface area contributed by atoms with Crippen molar-refractivity contribution in [3.63, 3.8) is 0 Å². The first-order valence-corrected chi connectivity index (χ1v) is 6.56. The minimum absolute atomic E-state index is 0.898. The standard InChI is InChI=1S/C13H23N3/c1-11-13(10-15-16-11)9-14-8-12-6-4-2-3-5-7-12/h10,12,14H,2-9H2,1H3,(H,15,16). The summed E-state index contributed by atoms with van der Waals surface area (Å²) >= 11 is 0. The van der Waals surface area contributed by atoms with Crippen molar-refractivity contribution < 1.29 is 0 Å². The van der Waals surface area contributed by atoms with E-state index in [1.807, 2.05) is 6.20 Å². The number of aromatic nitrogens is 2. The van der Waals surface area contributed by atoms with E-state index in [1.165, 1.54) is 56.3 Å². The molecule has 2 N–H and O–H groups in total. The lowest BCUT2D eigenvalue weighted by atomic mass is 10.0. The second kappa shape index (κ2) is 6.04. The fourth-order valence-corrected chi connectivity index (χ4v) is 2.53. The highest BCUT2D eigenvalue weighted by Gasteiger charge is 2.11. The van der Waals surface area contributed by atoms with E-state index >= 15 is 0 Å². The van der Waals surface area contributed by atoms with E-state index in [0.29, 0.717) is 0 Å². The average molecular weight is 221 g/mol. The zero-order chi connectivity index (χ0) is 11.2. The Labute approximate surface area is 98.0 Å². The summed E-state index contributed by atoms with van der Waals surface area (Å²) < 4.78 is 0. The van der Waals surface area contributed by atoms with Crippen LogP contribution >= 0.6 is 0 Å². The molecule has 0 bridgehead atoms. The molecule has 0 saturated heterocycles. The number of nitrogens with one attached hydrogen (secondary N) is 2. The third kappa shape index (κ3) is 3.34. The molecule has 90 valence electrons. The van der Waals surface area contributed by atoms with Crippen LogP contribution in [-0.2, 0) is 6.54 Å². The summed E-state index contributed by atoms with van der Waals surface area (Å²) in [5.74, 6) is 0.898. The molecule has 3 heteroatoms. The zero-order valence-electron chi connectivity index (χ0n) is 10.3. The van der Waals surface area contributed by atoms with Crippen molar-refractivity contribution in [2.75, 3.05) is 6.54 Å². The second-order valence-corrected chi connectivity index (χ2v) is 5.01. The van der Waals surface area contributed by atoms with Gasteiger partial charge in [0, 0.05) is 17.8 Å². The first kappa shape index (κ1) is 11.6. The Morgan fingerprint density at radius 1 is 1.31 bits per heavy atom. The molecule has 1 aliphatic rings. The average Bonchev–Trinajstić information content (AvgIpc) is 2.55. The lowest BCUT2D eigenvalue weighted by molar-refractivity contribution is 0.425. The molecule has 0 aliphatic heterocycles. The molecule has 0 atom stereocenters. The minimum atomic E-state index is 0.898. The van der Waals surface area contributed by atoms with Gasteiger partial charge in [0.05, 0.1) is 6.20 Å². The molecular weight excluding hydrogens is 198 g/mol. The van der Waals surface area contributed by atoms with E-state index in [0.717, 1.165) is 12.5 Å². The van der Waals surface area contributed by atoms with Crippen LogP contribution in [0.4, 0.5) is 0 Å². The molecule has 1 saturated carbocycles. The first-order chi connectivity index (χ1) is 7.86. The van der Waals surface area contributed by atoms with Gasteiger partial charge in [0.15, 0.2) is 0 Å². The number of aryl methyl sites for hydroxylation is 1. The molecule has 1 fully saturated rings. The van der Waals surface area contributed by atoms with Gasteiger partial charge in [-0.15, -0.1) is 0 Å². The van der Waals surface area contributed by atoms with Gasteiger partial charge >= 0.3 is 0 Å². The maximum absolute atomic E-state index is 4.04.